The van der Waals surface area contributed by atoms with Crippen LogP contribution in [0.25, 0.3) is 0 Å². The molecule has 0 radical (unpaired) electrons. The van der Waals surface area contributed by atoms with Gasteiger partial charge in [0.15, 0.2) is 0 Å². The molecule has 1 aromatic heterocycles. The Labute approximate surface area is 159 Å². The molecule has 1 saturated carbocycles. The highest BCUT2D eigenvalue weighted by atomic mass is 32.2. The number of aromatic nitrogens is 2. The smallest absolute Gasteiger partial charge is 0.235 e. The van der Waals surface area contributed by atoms with Crippen molar-refractivity contribution >= 4 is 23.6 Å². The van der Waals surface area contributed by atoms with Crippen molar-refractivity contribution in [2.45, 2.75) is 56.2 Å². The van der Waals surface area contributed by atoms with Crippen LogP contribution in [-0.2, 0) is 21.5 Å². The molecule has 1 aromatic rings. The minimum atomic E-state index is -0.334. The summed E-state index contributed by atoms with van der Waals surface area (Å²) in [6.07, 6.45) is 9.37. The van der Waals surface area contributed by atoms with E-state index in [1.165, 1.54) is 12.1 Å². The highest BCUT2D eigenvalue weighted by Crippen LogP contribution is 2.44. The molecule has 3 heterocycles. The van der Waals surface area contributed by atoms with E-state index in [-0.39, 0.29) is 22.6 Å². The highest BCUT2D eigenvalue weighted by molar-refractivity contribution is 7.99. The van der Waals surface area contributed by atoms with Crippen molar-refractivity contribution in [1.82, 2.24) is 19.8 Å². The summed E-state index contributed by atoms with van der Waals surface area (Å²) in [4.78, 5) is 37.7. The van der Waals surface area contributed by atoms with E-state index >= 15 is 0 Å². The van der Waals surface area contributed by atoms with Gasteiger partial charge in [0.1, 0.15) is 0 Å². The monoisotopic (exact) mass is 376 g/mol. The molecular formula is C19H28N4O2S. The maximum absolute atomic E-state index is 13.2. The lowest BCUT2D eigenvalue weighted by molar-refractivity contribution is -0.150. The van der Waals surface area contributed by atoms with Crippen LogP contribution in [0.3, 0.4) is 0 Å². The fourth-order valence-corrected chi connectivity index (χ4v) is 4.99. The Morgan fingerprint density at radius 1 is 1.31 bits per heavy atom. The van der Waals surface area contributed by atoms with Crippen LogP contribution in [-0.4, -0.2) is 62.7 Å². The second-order valence-electron chi connectivity index (χ2n) is 7.83. The van der Waals surface area contributed by atoms with Crippen LogP contribution in [0.2, 0.25) is 0 Å². The summed E-state index contributed by atoms with van der Waals surface area (Å²) >= 11 is 1.59. The van der Waals surface area contributed by atoms with Gasteiger partial charge in [0.2, 0.25) is 11.8 Å². The number of carbonyl (C=O) groups excluding carboxylic acids is 2. The Kier molecular flexibility index (Phi) is 4.75. The zero-order valence-corrected chi connectivity index (χ0v) is 16.5. The second-order valence-corrected chi connectivity index (χ2v) is 9.01. The topological polar surface area (TPSA) is 69.3 Å². The predicted molar refractivity (Wildman–Crippen MR) is 102 cm³/mol. The average molecular weight is 377 g/mol. The molecule has 142 valence electrons. The molecular weight excluding hydrogens is 348 g/mol. The number of hydrogen-bond donors (Lipinski definition) is 1. The summed E-state index contributed by atoms with van der Waals surface area (Å²) in [6, 6.07) is 0. The van der Waals surface area contributed by atoms with E-state index in [1.54, 1.807) is 18.1 Å². The number of nitrogens with one attached hydrogen (secondary N) is 1. The Balaban J connectivity index is 1.59. The molecule has 3 aliphatic rings. The first-order chi connectivity index (χ1) is 12.6. The highest BCUT2D eigenvalue weighted by Gasteiger charge is 2.50. The molecule has 1 saturated heterocycles. The van der Waals surface area contributed by atoms with Gasteiger partial charge in [-0.25, -0.2) is 4.98 Å². The minimum Gasteiger partial charge on any atom is -0.348 e. The lowest BCUT2D eigenvalue weighted by atomic mass is 9.76. The maximum Gasteiger partial charge on any atom is 0.235 e. The Hall–Kier alpha value is -1.50. The molecule has 1 atom stereocenters. The van der Waals surface area contributed by atoms with Gasteiger partial charge >= 0.3 is 0 Å². The number of piperidine rings is 1. The molecule has 26 heavy (non-hydrogen) atoms. The van der Waals surface area contributed by atoms with Crippen molar-refractivity contribution < 1.29 is 9.59 Å². The van der Waals surface area contributed by atoms with Crippen molar-refractivity contribution in [2.75, 3.05) is 25.9 Å². The first kappa shape index (κ1) is 17.9. The Bertz CT molecular complexity index is 691. The average Bonchev–Trinajstić information content (AvgIpc) is 3.10. The molecule has 1 N–H and O–H groups in total. The lowest BCUT2D eigenvalue weighted by Crippen LogP contribution is -2.60. The number of rotatable bonds is 3. The van der Waals surface area contributed by atoms with Crippen LogP contribution < -0.4 is 0 Å². The van der Waals surface area contributed by atoms with Crippen LogP contribution in [0.15, 0.2) is 6.33 Å². The lowest BCUT2D eigenvalue weighted by Gasteiger charge is -2.52. The van der Waals surface area contributed by atoms with Crippen molar-refractivity contribution in [3.8, 4) is 0 Å². The Morgan fingerprint density at radius 3 is 2.65 bits per heavy atom. The molecule has 2 aliphatic heterocycles. The van der Waals surface area contributed by atoms with Gasteiger partial charge in [-0.15, -0.1) is 0 Å². The molecule has 0 bridgehead atoms. The van der Waals surface area contributed by atoms with Gasteiger partial charge in [-0.1, -0.05) is 6.42 Å². The van der Waals surface area contributed by atoms with E-state index in [9.17, 15) is 9.59 Å². The van der Waals surface area contributed by atoms with Gasteiger partial charge in [-0.3, -0.25) is 9.59 Å². The van der Waals surface area contributed by atoms with E-state index in [0.29, 0.717) is 19.0 Å². The molecule has 6 nitrogen and oxygen atoms in total. The molecule has 1 aliphatic carbocycles. The number of nitrogens with zero attached hydrogens (tertiary/aromatic N) is 3. The number of carbonyl (C=O) groups is 2. The van der Waals surface area contributed by atoms with Gasteiger partial charge in [0.05, 0.1) is 22.8 Å². The van der Waals surface area contributed by atoms with Crippen molar-refractivity contribution in [2.24, 2.45) is 5.92 Å². The van der Waals surface area contributed by atoms with Crippen LogP contribution in [0, 0.1) is 5.92 Å². The fraction of sp³-hybridized carbons (Fsp3) is 0.737. The predicted octanol–water partition coefficient (Wildman–Crippen LogP) is 2.16. The van der Waals surface area contributed by atoms with Crippen molar-refractivity contribution in [3.63, 3.8) is 0 Å². The van der Waals surface area contributed by atoms with E-state index in [0.717, 1.165) is 44.3 Å². The van der Waals surface area contributed by atoms with Gasteiger partial charge < -0.3 is 14.8 Å². The van der Waals surface area contributed by atoms with Crippen LogP contribution >= 0.6 is 11.8 Å². The second kappa shape index (κ2) is 6.91. The van der Waals surface area contributed by atoms with E-state index in [2.05, 4.69) is 14.9 Å². The first-order valence-corrected chi connectivity index (χ1v) is 11.0. The minimum absolute atomic E-state index is 0.0101. The third-order valence-electron chi connectivity index (χ3n) is 6.59. The number of aromatic amines is 1. The summed E-state index contributed by atoms with van der Waals surface area (Å²) in [6.45, 7) is 4.13. The summed E-state index contributed by atoms with van der Waals surface area (Å²) in [5, 5.41) is -0.0101. The summed E-state index contributed by atoms with van der Waals surface area (Å²) in [5.41, 5.74) is 1.88. The van der Waals surface area contributed by atoms with Gasteiger partial charge in [0.25, 0.3) is 0 Å². The summed E-state index contributed by atoms with van der Waals surface area (Å²) in [7, 11) is 0. The van der Waals surface area contributed by atoms with Gasteiger partial charge in [-0.05, 0) is 38.9 Å². The fourth-order valence-electron chi connectivity index (χ4n) is 4.64. The third kappa shape index (κ3) is 2.75. The molecule has 7 heteroatoms. The van der Waals surface area contributed by atoms with E-state index in [4.69, 9.17) is 0 Å². The zero-order chi connectivity index (χ0) is 18.3. The number of fused-ring (bicyclic) bond motifs is 2. The number of imidazole rings is 1. The summed E-state index contributed by atoms with van der Waals surface area (Å²) in [5.74, 6) is 0.716. The number of H-pyrrole nitrogens is 1. The van der Waals surface area contributed by atoms with Crippen molar-refractivity contribution in [3.05, 3.63) is 17.7 Å². The quantitative estimate of drug-likeness (QED) is 0.878. The standard InChI is InChI=1S/C19H28N4O2S/c1-13(26-2)17(24)22-10-7-19(8-11-22)16-15(20-12-21-16)6-9-23(19)18(25)14-4-3-5-14/h12-14H,3-11H2,1-2H3,(H,20,21)/t13-/m1/s1. The largest absolute Gasteiger partial charge is 0.348 e. The SMILES string of the molecule is CS[C@H](C)C(=O)N1CCC2(CC1)c1nc[nH]c1CCN2C(=O)C1CCC1. The molecule has 0 aromatic carbocycles. The molecule has 0 unspecified atom stereocenters. The van der Waals surface area contributed by atoms with E-state index in [1.807, 2.05) is 18.1 Å². The number of thioether (sulfide) groups is 1. The molecule has 2 fully saturated rings. The van der Waals surface area contributed by atoms with Crippen LogP contribution in [0.5, 0.6) is 0 Å². The number of amides is 2. The first-order valence-electron chi connectivity index (χ1n) is 9.72. The molecule has 1 spiro atoms. The Morgan fingerprint density at radius 2 is 2.04 bits per heavy atom. The third-order valence-corrected chi connectivity index (χ3v) is 7.49. The molecule has 4 rings (SSSR count). The van der Waals surface area contributed by atoms with Crippen LogP contribution in [0.1, 0.15) is 50.4 Å². The zero-order valence-electron chi connectivity index (χ0n) is 15.7. The van der Waals surface area contributed by atoms with E-state index < -0.39 is 0 Å². The molecule has 2 amide bonds. The van der Waals surface area contributed by atoms with Gasteiger partial charge in [0, 0.05) is 37.7 Å². The van der Waals surface area contributed by atoms with Gasteiger partial charge in [-0.2, -0.15) is 11.8 Å². The maximum atomic E-state index is 13.2. The number of hydrogen-bond acceptors (Lipinski definition) is 4. The van der Waals surface area contributed by atoms with Crippen LogP contribution in [0.4, 0.5) is 0 Å². The number of likely N-dealkylation sites (tertiary alicyclic amines) is 1. The normalized spacial score (nSPS) is 23.5. The summed E-state index contributed by atoms with van der Waals surface area (Å²) < 4.78 is 0. The van der Waals surface area contributed by atoms with Crippen molar-refractivity contribution in [1.29, 1.82) is 0 Å².